The maximum atomic E-state index is 12.5. The van der Waals surface area contributed by atoms with Crippen LogP contribution in [0.5, 0.6) is 0 Å². The summed E-state index contributed by atoms with van der Waals surface area (Å²) in [6.45, 7) is 2.74. The number of hydrogen-bond acceptors (Lipinski definition) is 4. The Kier molecular flexibility index (Phi) is 4.76. The number of rotatable bonds is 4. The first-order valence-corrected chi connectivity index (χ1v) is 6.98. The van der Waals surface area contributed by atoms with Crippen molar-refractivity contribution in [1.82, 2.24) is 15.1 Å². The van der Waals surface area contributed by atoms with E-state index in [2.05, 4.69) is 17.3 Å². The Morgan fingerprint density at radius 2 is 2.16 bits per heavy atom. The molecule has 1 unspecified atom stereocenters. The van der Waals surface area contributed by atoms with Gasteiger partial charge < -0.3 is 20.2 Å². The van der Waals surface area contributed by atoms with E-state index >= 15 is 0 Å². The number of carbonyl (C=O) groups is 2. The zero-order valence-corrected chi connectivity index (χ0v) is 11.5. The third kappa shape index (κ3) is 3.45. The maximum Gasteiger partial charge on any atom is 0.228 e. The predicted octanol–water partition coefficient (Wildman–Crippen LogP) is -0.962. The molecular weight excluding hydrogens is 246 g/mol. The van der Waals surface area contributed by atoms with Crippen molar-refractivity contribution in [3.8, 4) is 0 Å². The van der Waals surface area contributed by atoms with E-state index in [0.29, 0.717) is 13.1 Å². The fourth-order valence-electron chi connectivity index (χ4n) is 2.90. The van der Waals surface area contributed by atoms with Crippen molar-refractivity contribution >= 4 is 11.8 Å². The van der Waals surface area contributed by atoms with Crippen LogP contribution in [0.3, 0.4) is 0 Å². The van der Waals surface area contributed by atoms with E-state index in [1.165, 1.54) is 0 Å². The molecule has 0 radical (unpaired) electrons. The van der Waals surface area contributed by atoms with Crippen LogP contribution < -0.4 is 5.32 Å². The molecule has 0 aromatic carbocycles. The summed E-state index contributed by atoms with van der Waals surface area (Å²) in [7, 11) is 2.08. The summed E-state index contributed by atoms with van der Waals surface area (Å²) in [6, 6.07) is 0.201. The van der Waals surface area contributed by atoms with Gasteiger partial charge in [0.25, 0.3) is 0 Å². The summed E-state index contributed by atoms with van der Waals surface area (Å²) in [5.74, 6) is -0.286. The lowest BCUT2D eigenvalue weighted by Crippen LogP contribution is -2.49. The molecule has 6 nitrogen and oxygen atoms in total. The zero-order chi connectivity index (χ0) is 13.8. The maximum absolute atomic E-state index is 12.5. The molecule has 2 heterocycles. The van der Waals surface area contributed by atoms with Gasteiger partial charge in [-0.15, -0.1) is 0 Å². The first-order chi connectivity index (χ1) is 9.11. The van der Waals surface area contributed by atoms with Gasteiger partial charge in [0.2, 0.25) is 11.8 Å². The van der Waals surface area contributed by atoms with Gasteiger partial charge in [0.15, 0.2) is 0 Å². The third-order valence-corrected chi connectivity index (χ3v) is 4.08. The Labute approximate surface area is 113 Å². The fraction of sp³-hybridized carbons (Fsp3) is 0.846. The predicted molar refractivity (Wildman–Crippen MR) is 70.4 cm³/mol. The lowest BCUT2D eigenvalue weighted by molar-refractivity contribution is -0.139. The molecule has 0 saturated carbocycles. The largest absolute Gasteiger partial charge is 0.395 e. The second-order valence-corrected chi connectivity index (χ2v) is 5.49. The molecule has 0 spiro atoms. The van der Waals surface area contributed by atoms with Crippen LogP contribution in [0.25, 0.3) is 0 Å². The Bertz CT molecular complexity index is 340. The highest BCUT2D eigenvalue weighted by Gasteiger charge is 2.34. The van der Waals surface area contributed by atoms with Gasteiger partial charge in [-0.05, 0) is 33.0 Å². The van der Waals surface area contributed by atoms with Gasteiger partial charge in [0.05, 0.1) is 12.5 Å². The molecular formula is C13H23N3O3. The molecule has 108 valence electrons. The van der Waals surface area contributed by atoms with E-state index in [4.69, 9.17) is 0 Å². The second-order valence-electron chi connectivity index (χ2n) is 5.49. The lowest BCUT2D eigenvalue weighted by atomic mass is 10.00. The number of nitrogens with one attached hydrogen (secondary N) is 1. The van der Waals surface area contributed by atoms with E-state index < -0.39 is 0 Å². The topological polar surface area (TPSA) is 72.9 Å². The second kappa shape index (κ2) is 6.34. The molecule has 2 saturated heterocycles. The van der Waals surface area contributed by atoms with E-state index in [-0.39, 0.29) is 36.8 Å². The zero-order valence-electron chi connectivity index (χ0n) is 11.5. The minimum atomic E-state index is -0.251. The average Bonchev–Trinajstić information content (AvgIpc) is 2.83. The van der Waals surface area contributed by atoms with Gasteiger partial charge in [-0.2, -0.15) is 0 Å². The highest BCUT2D eigenvalue weighted by atomic mass is 16.3. The minimum absolute atomic E-state index is 0.0157. The van der Waals surface area contributed by atoms with E-state index in [1.54, 1.807) is 4.90 Å². The quantitative estimate of drug-likeness (QED) is 0.689. The Morgan fingerprint density at radius 1 is 1.47 bits per heavy atom. The highest BCUT2D eigenvalue weighted by Crippen LogP contribution is 2.20. The number of carbonyl (C=O) groups excluding carboxylic acids is 2. The molecule has 0 bridgehead atoms. The van der Waals surface area contributed by atoms with Crippen molar-refractivity contribution < 1.29 is 14.7 Å². The molecule has 2 aliphatic heterocycles. The van der Waals surface area contributed by atoms with Crippen LogP contribution in [0, 0.1) is 5.92 Å². The van der Waals surface area contributed by atoms with Gasteiger partial charge in [-0.25, -0.2) is 0 Å². The SMILES string of the molecule is CN1CCC(N(CCO)C(=O)C2CNC(=O)C2)CC1. The van der Waals surface area contributed by atoms with E-state index in [0.717, 1.165) is 25.9 Å². The number of likely N-dealkylation sites (tertiary alicyclic amines) is 1. The average molecular weight is 269 g/mol. The summed E-state index contributed by atoms with van der Waals surface area (Å²) in [4.78, 5) is 27.7. The Morgan fingerprint density at radius 3 is 2.68 bits per heavy atom. The first kappa shape index (κ1) is 14.3. The molecule has 2 rings (SSSR count). The van der Waals surface area contributed by atoms with Crippen molar-refractivity contribution in [2.24, 2.45) is 5.92 Å². The van der Waals surface area contributed by atoms with Crippen LogP contribution in [0.1, 0.15) is 19.3 Å². The molecule has 0 aromatic heterocycles. The molecule has 19 heavy (non-hydrogen) atoms. The summed E-state index contributed by atoms with van der Waals surface area (Å²) in [5.41, 5.74) is 0. The highest BCUT2D eigenvalue weighted by molar-refractivity contribution is 5.89. The van der Waals surface area contributed by atoms with Crippen molar-refractivity contribution in [2.75, 3.05) is 39.8 Å². The molecule has 6 heteroatoms. The van der Waals surface area contributed by atoms with E-state index in [1.807, 2.05) is 0 Å². The normalized spacial score (nSPS) is 25.4. The van der Waals surface area contributed by atoms with Crippen LogP contribution in [-0.4, -0.2) is 72.6 Å². The summed E-state index contributed by atoms with van der Waals surface area (Å²) < 4.78 is 0. The van der Waals surface area contributed by atoms with Crippen molar-refractivity contribution in [1.29, 1.82) is 0 Å². The standard InChI is InChI=1S/C13H23N3O3/c1-15-4-2-11(3-5-15)16(6-7-17)13(19)10-8-12(18)14-9-10/h10-11,17H,2-9H2,1H3,(H,14,18). The van der Waals surface area contributed by atoms with Crippen LogP contribution in [-0.2, 0) is 9.59 Å². The smallest absolute Gasteiger partial charge is 0.228 e. The van der Waals surface area contributed by atoms with Crippen molar-refractivity contribution in [3.05, 3.63) is 0 Å². The van der Waals surface area contributed by atoms with Gasteiger partial charge in [0, 0.05) is 25.6 Å². The number of piperidine rings is 1. The summed E-state index contributed by atoms with van der Waals surface area (Å²) in [5, 5.41) is 11.9. The lowest BCUT2D eigenvalue weighted by Gasteiger charge is -2.38. The van der Waals surface area contributed by atoms with Gasteiger partial charge in [-0.3, -0.25) is 9.59 Å². The molecule has 2 fully saturated rings. The summed E-state index contributed by atoms with van der Waals surface area (Å²) >= 11 is 0. The summed E-state index contributed by atoms with van der Waals surface area (Å²) in [6.07, 6.45) is 2.17. The Hall–Kier alpha value is -1.14. The van der Waals surface area contributed by atoms with E-state index in [9.17, 15) is 14.7 Å². The first-order valence-electron chi connectivity index (χ1n) is 6.98. The number of aliphatic hydroxyl groups excluding tert-OH is 1. The minimum Gasteiger partial charge on any atom is -0.395 e. The van der Waals surface area contributed by atoms with Gasteiger partial charge >= 0.3 is 0 Å². The molecule has 2 N–H and O–H groups in total. The van der Waals surface area contributed by atoms with Crippen molar-refractivity contribution in [2.45, 2.75) is 25.3 Å². The molecule has 2 amide bonds. The van der Waals surface area contributed by atoms with Crippen LogP contribution in [0.15, 0.2) is 0 Å². The van der Waals surface area contributed by atoms with Crippen LogP contribution in [0.4, 0.5) is 0 Å². The molecule has 2 aliphatic rings. The van der Waals surface area contributed by atoms with Crippen LogP contribution in [0.2, 0.25) is 0 Å². The monoisotopic (exact) mass is 269 g/mol. The number of nitrogens with zero attached hydrogens (tertiary/aromatic N) is 2. The number of hydrogen-bond donors (Lipinski definition) is 2. The molecule has 0 aromatic rings. The Balaban J connectivity index is 1.98. The van der Waals surface area contributed by atoms with Gasteiger partial charge in [-0.1, -0.05) is 0 Å². The van der Waals surface area contributed by atoms with Crippen molar-refractivity contribution in [3.63, 3.8) is 0 Å². The number of amides is 2. The third-order valence-electron chi connectivity index (χ3n) is 4.08. The molecule has 0 aliphatic carbocycles. The van der Waals surface area contributed by atoms with Gasteiger partial charge in [0.1, 0.15) is 0 Å². The number of aliphatic hydroxyl groups is 1. The fourth-order valence-corrected chi connectivity index (χ4v) is 2.90. The molecule has 1 atom stereocenters. The van der Waals surface area contributed by atoms with Crippen LogP contribution >= 0.6 is 0 Å².